The number of nitrogens with zero attached hydrogens (tertiary/aromatic N) is 3. The van der Waals surface area contributed by atoms with Gasteiger partial charge in [-0.15, -0.1) is 0 Å². The largest absolute Gasteiger partial charge is 0.328 e. The maximum Gasteiger partial charge on any atom is 0.201 e. The van der Waals surface area contributed by atoms with E-state index in [4.69, 9.17) is 11.6 Å². The first-order chi connectivity index (χ1) is 11.1. The molecular weight excluding hydrogens is 310 g/mol. The van der Waals surface area contributed by atoms with E-state index in [9.17, 15) is 4.79 Å². The van der Waals surface area contributed by atoms with Crippen molar-refractivity contribution in [2.45, 2.75) is 25.8 Å². The molecule has 1 saturated heterocycles. The molecule has 0 atom stereocenters. The zero-order valence-corrected chi connectivity index (χ0v) is 14.2. The SMILES string of the molecule is CN1CCC(C(=O)c2nccn2CCc2cccc(Cl)c2)CC1. The van der Waals surface area contributed by atoms with Crippen LogP contribution in [-0.2, 0) is 13.0 Å². The third kappa shape index (κ3) is 4.01. The fourth-order valence-corrected chi connectivity index (χ4v) is 3.32. The van der Waals surface area contributed by atoms with Crippen molar-refractivity contribution in [1.82, 2.24) is 14.5 Å². The summed E-state index contributed by atoms with van der Waals surface area (Å²) in [4.78, 5) is 19.3. The van der Waals surface area contributed by atoms with Crippen molar-refractivity contribution in [2.24, 2.45) is 5.92 Å². The van der Waals surface area contributed by atoms with E-state index in [1.807, 2.05) is 29.0 Å². The topological polar surface area (TPSA) is 38.1 Å². The Balaban J connectivity index is 1.66. The first-order valence-corrected chi connectivity index (χ1v) is 8.49. The minimum absolute atomic E-state index is 0.110. The highest BCUT2D eigenvalue weighted by Gasteiger charge is 2.27. The summed E-state index contributed by atoms with van der Waals surface area (Å²) in [5, 5.41) is 0.746. The van der Waals surface area contributed by atoms with Gasteiger partial charge >= 0.3 is 0 Å². The van der Waals surface area contributed by atoms with Crippen molar-refractivity contribution in [1.29, 1.82) is 0 Å². The van der Waals surface area contributed by atoms with Crippen molar-refractivity contribution < 1.29 is 4.79 Å². The molecule has 4 nitrogen and oxygen atoms in total. The molecule has 0 aliphatic carbocycles. The number of ketones is 1. The lowest BCUT2D eigenvalue weighted by Crippen LogP contribution is -2.34. The third-order valence-electron chi connectivity index (χ3n) is 4.56. The second-order valence-corrected chi connectivity index (χ2v) is 6.70. The van der Waals surface area contributed by atoms with Crippen LogP contribution in [-0.4, -0.2) is 40.4 Å². The summed E-state index contributed by atoms with van der Waals surface area (Å²) in [5.41, 5.74) is 1.17. The molecule has 122 valence electrons. The lowest BCUT2D eigenvalue weighted by molar-refractivity contribution is 0.0841. The molecule has 1 aromatic carbocycles. The Morgan fingerprint density at radius 2 is 2.13 bits per heavy atom. The summed E-state index contributed by atoms with van der Waals surface area (Å²) >= 11 is 6.02. The molecule has 0 saturated carbocycles. The normalized spacial score (nSPS) is 16.6. The molecule has 0 N–H and O–H groups in total. The minimum Gasteiger partial charge on any atom is -0.328 e. The number of Topliss-reactive ketones (excluding diaryl/α,β-unsaturated/α-hetero) is 1. The second kappa shape index (κ2) is 7.28. The first-order valence-electron chi connectivity index (χ1n) is 8.12. The van der Waals surface area contributed by atoms with Crippen LogP contribution < -0.4 is 0 Å². The van der Waals surface area contributed by atoms with Gasteiger partial charge in [0.2, 0.25) is 5.78 Å². The molecule has 2 heterocycles. The lowest BCUT2D eigenvalue weighted by atomic mass is 9.92. The van der Waals surface area contributed by atoms with E-state index < -0.39 is 0 Å². The Morgan fingerprint density at radius 1 is 1.35 bits per heavy atom. The van der Waals surface area contributed by atoms with Gasteiger partial charge in [-0.3, -0.25) is 4.79 Å². The van der Waals surface area contributed by atoms with Gasteiger partial charge in [-0.25, -0.2) is 4.98 Å². The second-order valence-electron chi connectivity index (χ2n) is 6.27. The van der Waals surface area contributed by atoms with Crippen LogP contribution >= 0.6 is 11.6 Å². The van der Waals surface area contributed by atoms with Gasteiger partial charge in [0.15, 0.2) is 5.82 Å². The number of hydrogen-bond donors (Lipinski definition) is 0. The Bertz CT molecular complexity index is 674. The van der Waals surface area contributed by atoms with Crippen LogP contribution in [0.4, 0.5) is 0 Å². The van der Waals surface area contributed by atoms with Gasteiger partial charge in [0.25, 0.3) is 0 Å². The highest BCUT2D eigenvalue weighted by atomic mass is 35.5. The van der Waals surface area contributed by atoms with E-state index in [2.05, 4.69) is 23.0 Å². The fourth-order valence-electron chi connectivity index (χ4n) is 3.11. The Morgan fingerprint density at radius 3 is 2.87 bits per heavy atom. The Hall–Kier alpha value is -1.65. The van der Waals surface area contributed by atoms with Crippen molar-refractivity contribution in [3.63, 3.8) is 0 Å². The molecule has 23 heavy (non-hydrogen) atoms. The number of imidazole rings is 1. The minimum atomic E-state index is 0.110. The predicted octanol–water partition coefficient (Wildman–Crippen LogP) is 3.30. The molecule has 0 radical (unpaired) electrons. The van der Waals surface area contributed by atoms with Gasteiger partial charge in [-0.2, -0.15) is 0 Å². The molecule has 0 spiro atoms. The fraction of sp³-hybridized carbons (Fsp3) is 0.444. The lowest BCUT2D eigenvalue weighted by Gasteiger charge is -2.27. The monoisotopic (exact) mass is 331 g/mol. The molecule has 0 bridgehead atoms. The maximum atomic E-state index is 12.7. The van der Waals surface area contributed by atoms with E-state index in [-0.39, 0.29) is 11.7 Å². The number of aryl methyl sites for hydroxylation is 2. The van der Waals surface area contributed by atoms with Gasteiger partial charge in [-0.05, 0) is 57.1 Å². The van der Waals surface area contributed by atoms with Crippen molar-refractivity contribution in [3.8, 4) is 0 Å². The van der Waals surface area contributed by atoms with Crippen LogP contribution in [0.3, 0.4) is 0 Å². The molecular formula is C18H22ClN3O. The van der Waals surface area contributed by atoms with Crippen LogP contribution in [0.5, 0.6) is 0 Å². The Kier molecular flexibility index (Phi) is 5.13. The number of likely N-dealkylation sites (tertiary alicyclic amines) is 1. The number of piperidine rings is 1. The molecule has 1 fully saturated rings. The summed E-state index contributed by atoms with van der Waals surface area (Å²) in [7, 11) is 2.10. The molecule has 2 aromatic rings. The van der Waals surface area contributed by atoms with E-state index in [1.54, 1.807) is 6.20 Å². The van der Waals surface area contributed by atoms with Crippen LogP contribution in [0.2, 0.25) is 5.02 Å². The van der Waals surface area contributed by atoms with E-state index in [1.165, 1.54) is 5.56 Å². The quantitative estimate of drug-likeness (QED) is 0.789. The van der Waals surface area contributed by atoms with Crippen molar-refractivity contribution in [2.75, 3.05) is 20.1 Å². The smallest absolute Gasteiger partial charge is 0.201 e. The van der Waals surface area contributed by atoms with Crippen molar-refractivity contribution in [3.05, 3.63) is 53.1 Å². The molecule has 1 aromatic heterocycles. The van der Waals surface area contributed by atoms with E-state index >= 15 is 0 Å². The zero-order valence-electron chi connectivity index (χ0n) is 13.4. The van der Waals surface area contributed by atoms with Gasteiger partial charge in [-0.1, -0.05) is 23.7 Å². The number of benzene rings is 1. The maximum absolute atomic E-state index is 12.7. The van der Waals surface area contributed by atoms with Crippen molar-refractivity contribution >= 4 is 17.4 Å². The zero-order chi connectivity index (χ0) is 16.2. The van der Waals surface area contributed by atoms with E-state index in [0.29, 0.717) is 5.82 Å². The molecule has 5 heteroatoms. The highest BCUT2D eigenvalue weighted by molar-refractivity contribution is 6.30. The number of rotatable bonds is 5. The van der Waals surface area contributed by atoms with Gasteiger partial charge in [0, 0.05) is 29.9 Å². The summed E-state index contributed by atoms with van der Waals surface area (Å²) in [6.45, 7) is 2.72. The number of carbonyl (C=O) groups excluding carboxylic acids is 1. The van der Waals surface area contributed by atoms with Crippen LogP contribution in [0.15, 0.2) is 36.7 Å². The first kappa shape index (κ1) is 16.2. The van der Waals surface area contributed by atoms with Crippen LogP contribution in [0.1, 0.15) is 29.0 Å². The number of halogens is 1. The highest BCUT2D eigenvalue weighted by Crippen LogP contribution is 2.20. The summed E-state index contributed by atoms with van der Waals surface area (Å²) in [6.07, 6.45) is 6.31. The Labute approximate surface area is 142 Å². The molecule has 1 aliphatic rings. The average molecular weight is 332 g/mol. The summed E-state index contributed by atoms with van der Waals surface area (Å²) in [6, 6.07) is 7.85. The third-order valence-corrected chi connectivity index (χ3v) is 4.79. The molecule has 1 aliphatic heterocycles. The molecule has 0 unspecified atom stereocenters. The van der Waals surface area contributed by atoms with Gasteiger partial charge < -0.3 is 9.47 Å². The van der Waals surface area contributed by atoms with Gasteiger partial charge in [0.05, 0.1) is 0 Å². The van der Waals surface area contributed by atoms with E-state index in [0.717, 1.165) is 43.9 Å². The van der Waals surface area contributed by atoms with Gasteiger partial charge in [0.1, 0.15) is 0 Å². The summed E-state index contributed by atoms with van der Waals surface area (Å²) < 4.78 is 1.97. The molecule has 0 amide bonds. The van der Waals surface area contributed by atoms with Crippen LogP contribution in [0.25, 0.3) is 0 Å². The summed E-state index contributed by atoms with van der Waals surface area (Å²) in [5.74, 6) is 0.897. The standard InChI is InChI=1S/C18H22ClN3O/c1-21-9-6-15(7-10-21)17(23)18-20-8-12-22(18)11-5-14-3-2-4-16(19)13-14/h2-4,8,12-13,15H,5-7,9-11H2,1H3. The number of hydrogen-bond acceptors (Lipinski definition) is 3. The predicted molar refractivity (Wildman–Crippen MR) is 91.9 cm³/mol. The number of carbonyl (C=O) groups is 1. The van der Waals surface area contributed by atoms with Crippen LogP contribution in [0, 0.1) is 5.92 Å². The average Bonchev–Trinajstić information content (AvgIpc) is 3.01. The number of aromatic nitrogens is 2. The molecule has 3 rings (SSSR count).